The number of aromatic nitrogens is 2. The molecule has 0 bridgehead atoms. The molecule has 8 heteroatoms. The van der Waals surface area contributed by atoms with Gasteiger partial charge in [0.15, 0.2) is 0 Å². The highest BCUT2D eigenvalue weighted by Gasteiger charge is 2.26. The highest BCUT2D eigenvalue weighted by atomic mass is 16.2. The number of nitrogens with zero attached hydrogens (tertiary/aromatic N) is 4. The SMILES string of the molecule is C=CC(=O)N1CCC[C@@H](n2c(NC(=O)c3ccc(C#N)cc3)nc3cc(CN[C@@H](C)C(C)(C)C)ccc32)CC1. The van der Waals surface area contributed by atoms with Crippen molar-refractivity contribution in [3.05, 3.63) is 71.8 Å². The van der Waals surface area contributed by atoms with Crippen molar-refractivity contribution in [1.82, 2.24) is 19.8 Å². The van der Waals surface area contributed by atoms with Crippen LogP contribution in [0.1, 0.15) is 74.5 Å². The second-order valence-corrected chi connectivity index (χ2v) is 11.4. The Morgan fingerprint density at radius 1 is 1.18 bits per heavy atom. The summed E-state index contributed by atoms with van der Waals surface area (Å²) >= 11 is 0. The Hall–Kier alpha value is -3.96. The Morgan fingerprint density at radius 3 is 2.59 bits per heavy atom. The van der Waals surface area contributed by atoms with E-state index in [1.165, 1.54) is 6.08 Å². The Labute approximate surface area is 230 Å². The van der Waals surface area contributed by atoms with Gasteiger partial charge in [-0.25, -0.2) is 4.98 Å². The largest absolute Gasteiger partial charge is 0.339 e. The number of nitrogens with one attached hydrogen (secondary N) is 2. The molecule has 0 saturated carbocycles. The van der Waals surface area contributed by atoms with Gasteiger partial charge in [0.25, 0.3) is 5.91 Å². The summed E-state index contributed by atoms with van der Waals surface area (Å²) in [7, 11) is 0. The van der Waals surface area contributed by atoms with Gasteiger partial charge in [-0.3, -0.25) is 14.9 Å². The molecule has 39 heavy (non-hydrogen) atoms. The molecule has 0 unspecified atom stereocenters. The molecule has 2 aromatic carbocycles. The summed E-state index contributed by atoms with van der Waals surface area (Å²) in [5, 5.41) is 15.7. The summed E-state index contributed by atoms with van der Waals surface area (Å²) in [5.74, 6) is 0.150. The lowest BCUT2D eigenvalue weighted by Gasteiger charge is -2.28. The molecule has 2 amide bonds. The number of likely N-dealkylation sites (tertiary alicyclic amines) is 1. The number of nitriles is 1. The number of carbonyl (C=O) groups excluding carboxylic acids is 2. The van der Waals surface area contributed by atoms with Crippen LogP contribution in [0.4, 0.5) is 5.95 Å². The summed E-state index contributed by atoms with van der Waals surface area (Å²) in [5.41, 5.74) is 3.99. The summed E-state index contributed by atoms with van der Waals surface area (Å²) in [6, 6.07) is 15.3. The van der Waals surface area contributed by atoms with E-state index in [9.17, 15) is 9.59 Å². The Balaban J connectivity index is 1.66. The molecule has 1 aliphatic heterocycles. The van der Waals surface area contributed by atoms with Crippen LogP contribution in [0.2, 0.25) is 0 Å². The minimum Gasteiger partial charge on any atom is -0.339 e. The van der Waals surface area contributed by atoms with E-state index in [2.05, 4.69) is 73.7 Å². The van der Waals surface area contributed by atoms with E-state index >= 15 is 0 Å². The van der Waals surface area contributed by atoms with Crippen molar-refractivity contribution in [3.8, 4) is 6.07 Å². The minimum absolute atomic E-state index is 0.0536. The third-order valence-electron chi connectivity index (χ3n) is 7.72. The van der Waals surface area contributed by atoms with Crippen LogP contribution in [0.3, 0.4) is 0 Å². The number of imidazole rings is 1. The third kappa shape index (κ3) is 6.55. The van der Waals surface area contributed by atoms with Gasteiger partial charge in [-0.05, 0) is 79.6 Å². The lowest BCUT2D eigenvalue weighted by molar-refractivity contribution is -0.125. The fraction of sp³-hybridized carbons (Fsp3) is 0.419. The zero-order chi connectivity index (χ0) is 28.2. The topological polar surface area (TPSA) is 103 Å². The smallest absolute Gasteiger partial charge is 0.257 e. The number of benzene rings is 2. The van der Waals surface area contributed by atoms with E-state index in [1.807, 2.05) is 4.90 Å². The maximum Gasteiger partial charge on any atom is 0.257 e. The van der Waals surface area contributed by atoms with Gasteiger partial charge in [0.2, 0.25) is 11.9 Å². The monoisotopic (exact) mass is 526 g/mol. The van der Waals surface area contributed by atoms with Crippen LogP contribution in [0.5, 0.6) is 0 Å². The van der Waals surface area contributed by atoms with Gasteiger partial charge in [0.1, 0.15) is 0 Å². The minimum atomic E-state index is -0.283. The van der Waals surface area contributed by atoms with Gasteiger partial charge in [-0.1, -0.05) is 33.4 Å². The van der Waals surface area contributed by atoms with Crippen LogP contribution in [0.25, 0.3) is 11.0 Å². The zero-order valence-corrected chi connectivity index (χ0v) is 23.3. The molecule has 4 rings (SSSR count). The number of hydrogen-bond acceptors (Lipinski definition) is 5. The number of amides is 2. The van der Waals surface area contributed by atoms with E-state index in [0.29, 0.717) is 36.2 Å². The van der Waals surface area contributed by atoms with Crippen LogP contribution in [-0.4, -0.2) is 45.4 Å². The Morgan fingerprint density at radius 2 is 1.92 bits per heavy atom. The first-order chi connectivity index (χ1) is 18.6. The van der Waals surface area contributed by atoms with Crippen molar-refractivity contribution in [1.29, 1.82) is 5.26 Å². The van der Waals surface area contributed by atoms with Crippen LogP contribution >= 0.6 is 0 Å². The van der Waals surface area contributed by atoms with Crippen LogP contribution in [0.15, 0.2) is 55.1 Å². The summed E-state index contributed by atoms with van der Waals surface area (Å²) in [6.07, 6.45) is 3.82. The van der Waals surface area contributed by atoms with Gasteiger partial charge in [-0.2, -0.15) is 5.26 Å². The van der Waals surface area contributed by atoms with E-state index in [0.717, 1.165) is 42.4 Å². The molecule has 2 atom stereocenters. The molecule has 3 aromatic rings. The van der Waals surface area contributed by atoms with Gasteiger partial charge in [-0.15, -0.1) is 0 Å². The first-order valence-corrected chi connectivity index (χ1v) is 13.6. The maximum absolute atomic E-state index is 13.2. The number of fused-ring (bicyclic) bond motifs is 1. The maximum atomic E-state index is 13.2. The van der Waals surface area contributed by atoms with E-state index in [4.69, 9.17) is 10.2 Å². The number of carbonyl (C=O) groups is 2. The molecule has 1 aromatic heterocycles. The summed E-state index contributed by atoms with van der Waals surface area (Å²) in [4.78, 5) is 32.2. The molecular weight excluding hydrogens is 488 g/mol. The van der Waals surface area contributed by atoms with Gasteiger partial charge < -0.3 is 14.8 Å². The predicted octanol–water partition coefficient (Wildman–Crippen LogP) is 5.42. The van der Waals surface area contributed by atoms with Crippen LogP contribution < -0.4 is 10.6 Å². The fourth-order valence-electron chi connectivity index (χ4n) is 4.85. The van der Waals surface area contributed by atoms with Crippen molar-refractivity contribution >= 4 is 28.8 Å². The highest BCUT2D eigenvalue weighted by Crippen LogP contribution is 2.32. The predicted molar refractivity (Wildman–Crippen MR) is 154 cm³/mol. The molecule has 8 nitrogen and oxygen atoms in total. The number of hydrogen-bond donors (Lipinski definition) is 2. The molecule has 2 heterocycles. The molecule has 0 spiro atoms. The Kier molecular flexibility index (Phi) is 8.51. The van der Waals surface area contributed by atoms with Crippen molar-refractivity contribution in [2.45, 2.75) is 65.6 Å². The fourth-order valence-corrected chi connectivity index (χ4v) is 4.85. The molecule has 2 N–H and O–H groups in total. The van der Waals surface area contributed by atoms with Crippen molar-refractivity contribution in [2.75, 3.05) is 18.4 Å². The lowest BCUT2D eigenvalue weighted by Crippen LogP contribution is -2.37. The van der Waals surface area contributed by atoms with Gasteiger partial charge >= 0.3 is 0 Å². The molecular formula is C31H38N6O2. The van der Waals surface area contributed by atoms with Crippen molar-refractivity contribution in [3.63, 3.8) is 0 Å². The van der Waals surface area contributed by atoms with Gasteiger partial charge in [0.05, 0.1) is 22.7 Å². The highest BCUT2D eigenvalue weighted by molar-refractivity contribution is 6.04. The van der Waals surface area contributed by atoms with Crippen LogP contribution in [0, 0.1) is 16.7 Å². The molecule has 1 aliphatic rings. The average Bonchev–Trinajstić information content (AvgIpc) is 3.09. The molecule has 0 aliphatic carbocycles. The Bertz CT molecular complexity index is 1390. The van der Waals surface area contributed by atoms with E-state index in [-0.39, 0.29) is 23.3 Å². The summed E-state index contributed by atoms with van der Waals surface area (Å²) < 4.78 is 2.12. The number of anilines is 1. The second kappa shape index (κ2) is 11.8. The first kappa shape index (κ1) is 28.1. The molecule has 1 saturated heterocycles. The quantitative estimate of drug-likeness (QED) is 0.400. The van der Waals surface area contributed by atoms with Crippen LogP contribution in [-0.2, 0) is 11.3 Å². The third-order valence-corrected chi connectivity index (χ3v) is 7.72. The summed E-state index contributed by atoms with van der Waals surface area (Å²) in [6.45, 7) is 14.5. The number of rotatable bonds is 7. The molecule has 204 valence electrons. The van der Waals surface area contributed by atoms with E-state index in [1.54, 1.807) is 24.3 Å². The average molecular weight is 527 g/mol. The first-order valence-electron chi connectivity index (χ1n) is 13.6. The molecule has 0 radical (unpaired) electrons. The molecule has 1 fully saturated rings. The van der Waals surface area contributed by atoms with Crippen molar-refractivity contribution in [2.24, 2.45) is 5.41 Å². The zero-order valence-electron chi connectivity index (χ0n) is 23.3. The van der Waals surface area contributed by atoms with E-state index < -0.39 is 0 Å². The standard InChI is InChI=1S/C31H38N6O2/c1-6-28(38)36-16-7-8-25(15-17-36)37-27-14-11-23(20-33-21(2)31(3,4)5)18-26(27)34-30(37)35-29(39)24-12-9-22(19-32)10-13-24/h6,9-14,18,21,25,33H,1,7-8,15-17,20H2,2-5H3,(H,34,35,39)/t21-,25+/m0/s1. The van der Waals surface area contributed by atoms with Crippen molar-refractivity contribution < 1.29 is 9.59 Å². The van der Waals surface area contributed by atoms with Gasteiger partial charge in [0, 0.05) is 37.3 Å². The second-order valence-electron chi connectivity index (χ2n) is 11.4. The normalized spacial score (nSPS) is 16.8. The lowest BCUT2D eigenvalue weighted by atomic mass is 9.88.